The zero-order chi connectivity index (χ0) is 24.1. The molecule has 4 rings (SSSR count). The summed E-state index contributed by atoms with van der Waals surface area (Å²) in [5.41, 5.74) is 0.865. The molecule has 0 saturated carbocycles. The molecule has 2 aromatic carbocycles. The van der Waals surface area contributed by atoms with Crippen LogP contribution in [0.5, 0.6) is 5.75 Å². The number of ketones is 1. The summed E-state index contributed by atoms with van der Waals surface area (Å²) >= 11 is 5.86. The standard InChI is InChI=1S/C25H23ClO8/c1-2-21(27)31-12-11-30-18-9-5-15(6-10-18)22(28)19-13-32-24-20(14-33-23(19)24)34-25(29)16-3-7-17(26)8-4-16/h2-10,19-20,23-24H,1,11-14H2. The summed E-state index contributed by atoms with van der Waals surface area (Å²) in [7, 11) is 0. The van der Waals surface area contributed by atoms with Crippen LogP contribution in [-0.2, 0) is 23.7 Å². The molecule has 2 aliphatic heterocycles. The summed E-state index contributed by atoms with van der Waals surface area (Å²) in [6.07, 6.45) is -0.522. The number of halogens is 1. The van der Waals surface area contributed by atoms with Crippen LogP contribution in [0.3, 0.4) is 0 Å². The summed E-state index contributed by atoms with van der Waals surface area (Å²) < 4.78 is 27.5. The summed E-state index contributed by atoms with van der Waals surface area (Å²) in [6, 6.07) is 13.1. The van der Waals surface area contributed by atoms with E-state index in [9.17, 15) is 14.4 Å². The molecule has 9 heteroatoms. The van der Waals surface area contributed by atoms with E-state index in [1.54, 1.807) is 48.5 Å². The van der Waals surface area contributed by atoms with Gasteiger partial charge < -0.3 is 23.7 Å². The van der Waals surface area contributed by atoms with E-state index in [0.717, 1.165) is 6.08 Å². The monoisotopic (exact) mass is 486 g/mol. The number of carbonyl (C=O) groups is 3. The van der Waals surface area contributed by atoms with E-state index in [-0.39, 0.29) is 32.2 Å². The van der Waals surface area contributed by atoms with Crippen LogP contribution >= 0.6 is 11.6 Å². The Morgan fingerprint density at radius 3 is 2.32 bits per heavy atom. The van der Waals surface area contributed by atoms with E-state index in [0.29, 0.717) is 21.9 Å². The molecule has 0 aromatic heterocycles. The van der Waals surface area contributed by atoms with Crippen molar-refractivity contribution in [2.75, 3.05) is 26.4 Å². The second kappa shape index (κ2) is 10.8. The number of Topliss-reactive ketones (excluding diaryl/α,β-unsaturated/α-hetero) is 1. The number of hydrogen-bond acceptors (Lipinski definition) is 8. The first-order valence-corrected chi connectivity index (χ1v) is 11.1. The predicted octanol–water partition coefficient (Wildman–Crippen LogP) is 3.27. The molecule has 4 atom stereocenters. The zero-order valence-corrected chi connectivity index (χ0v) is 18.9. The maximum Gasteiger partial charge on any atom is 0.338 e. The van der Waals surface area contributed by atoms with Gasteiger partial charge in [-0.25, -0.2) is 9.59 Å². The third kappa shape index (κ3) is 5.47. The lowest BCUT2D eigenvalue weighted by atomic mass is 9.92. The average Bonchev–Trinajstić information content (AvgIpc) is 3.45. The van der Waals surface area contributed by atoms with Crippen molar-refractivity contribution < 1.29 is 38.1 Å². The van der Waals surface area contributed by atoms with Crippen LogP contribution in [0, 0.1) is 5.92 Å². The fourth-order valence-electron chi connectivity index (χ4n) is 3.87. The normalized spacial score (nSPS) is 23.1. The van der Waals surface area contributed by atoms with Gasteiger partial charge in [0.15, 0.2) is 11.9 Å². The molecule has 0 N–H and O–H groups in total. The molecule has 2 aromatic rings. The summed E-state index contributed by atoms with van der Waals surface area (Å²) in [5.74, 6) is -1.10. The van der Waals surface area contributed by atoms with Gasteiger partial charge in [-0.1, -0.05) is 18.2 Å². The Balaban J connectivity index is 1.30. The Morgan fingerprint density at radius 2 is 1.62 bits per heavy atom. The summed E-state index contributed by atoms with van der Waals surface area (Å²) in [6.45, 7) is 3.92. The van der Waals surface area contributed by atoms with E-state index in [2.05, 4.69) is 6.58 Å². The smallest absolute Gasteiger partial charge is 0.338 e. The Kier molecular flexibility index (Phi) is 7.62. The van der Waals surface area contributed by atoms with Crippen LogP contribution in [0.25, 0.3) is 0 Å². The zero-order valence-electron chi connectivity index (χ0n) is 18.2. The molecular weight excluding hydrogens is 464 g/mol. The minimum atomic E-state index is -0.600. The van der Waals surface area contributed by atoms with E-state index in [1.165, 1.54) is 0 Å². The number of carbonyl (C=O) groups excluding carboxylic acids is 3. The van der Waals surface area contributed by atoms with Crippen molar-refractivity contribution in [1.82, 2.24) is 0 Å². The Hall–Kier alpha value is -3.20. The van der Waals surface area contributed by atoms with Gasteiger partial charge in [-0.05, 0) is 48.5 Å². The molecule has 0 radical (unpaired) electrons. The number of rotatable bonds is 9. The lowest BCUT2D eigenvalue weighted by Crippen LogP contribution is -2.34. The number of esters is 2. The first-order chi connectivity index (χ1) is 16.5. The first kappa shape index (κ1) is 23.9. The summed E-state index contributed by atoms with van der Waals surface area (Å²) in [4.78, 5) is 36.5. The number of ether oxygens (including phenoxy) is 5. The van der Waals surface area contributed by atoms with E-state index in [1.807, 2.05) is 0 Å². The van der Waals surface area contributed by atoms with Gasteiger partial charge in [0.1, 0.15) is 25.1 Å². The van der Waals surface area contributed by atoms with Crippen molar-refractivity contribution in [1.29, 1.82) is 0 Å². The molecule has 2 saturated heterocycles. The lowest BCUT2D eigenvalue weighted by molar-refractivity contribution is -0.138. The van der Waals surface area contributed by atoms with Gasteiger partial charge in [0, 0.05) is 16.7 Å². The first-order valence-electron chi connectivity index (χ1n) is 10.7. The van der Waals surface area contributed by atoms with Gasteiger partial charge in [0.25, 0.3) is 0 Å². The molecule has 2 heterocycles. The van der Waals surface area contributed by atoms with Crippen LogP contribution in [-0.4, -0.2) is 62.5 Å². The highest BCUT2D eigenvalue weighted by Crippen LogP contribution is 2.35. The second-order valence-electron chi connectivity index (χ2n) is 7.76. The van der Waals surface area contributed by atoms with Crippen molar-refractivity contribution in [2.45, 2.75) is 18.3 Å². The molecule has 2 aliphatic rings. The van der Waals surface area contributed by atoms with Crippen molar-refractivity contribution >= 4 is 29.3 Å². The highest BCUT2D eigenvalue weighted by atomic mass is 35.5. The van der Waals surface area contributed by atoms with Gasteiger partial charge in [-0.15, -0.1) is 0 Å². The molecule has 0 aliphatic carbocycles. The molecule has 2 fully saturated rings. The minimum absolute atomic E-state index is 0.0924. The van der Waals surface area contributed by atoms with Crippen LogP contribution < -0.4 is 4.74 Å². The van der Waals surface area contributed by atoms with E-state index in [4.69, 9.17) is 35.3 Å². The molecule has 34 heavy (non-hydrogen) atoms. The van der Waals surface area contributed by atoms with Crippen molar-refractivity contribution in [3.8, 4) is 5.75 Å². The molecule has 8 nitrogen and oxygen atoms in total. The lowest BCUT2D eigenvalue weighted by Gasteiger charge is -2.17. The minimum Gasteiger partial charge on any atom is -0.490 e. The van der Waals surface area contributed by atoms with Gasteiger partial charge in [-0.2, -0.15) is 0 Å². The molecular formula is C25H23ClO8. The van der Waals surface area contributed by atoms with Crippen LogP contribution in [0.4, 0.5) is 0 Å². The highest BCUT2D eigenvalue weighted by molar-refractivity contribution is 6.30. The Labute approximate surface area is 201 Å². The largest absolute Gasteiger partial charge is 0.490 e. The van der Waals surface area contributed by atoms with Gasteiger partial charge >= 0.3 is 11.9 Å². The maximum atomic E-state index is 13.1. The van der Waals surface area contributed by atoms with Gasteiger partial charge in [0.05, 0.1) is 30.8 Å². The van der Waals surface area contributed by atoms with E-state index >= 15 is 0 Å². The van der Waals surface area contributed by atoms with Gasteiger partial charge in [0.2, 0.25) is 0 Å². The number of benzene rings is 2. The predicted molar refractivity (Wildman–Crippen MR) is 121 cm³/mol. The average molecular weight is 487 g/mol. The topological polar surface area (TPSA) is 97.4 Å². The summed E-state index contributed by atoms with van der Waals surface area (Å²) in [5, 5.41) is 0.523. The fourth-order valence-corrected chi connectivity index (χ4v) is 4.00. The molecule has 0 spiro atoms. The van der Waals surface area contributed by atoms with E-state index < -0.39 is 36.2 Å². The third-order valence-corrected chi connectivity index (χ3v) is 5.84. The van der Waals surface area contributed by atoms with Crippen LogP contribution in [0.2, 0.25) is 5.02 Å². The Bertz CT molecular complexity index is 1050. The SMILES string of the molecule is C=CC(=O)OCCOc1ccc(C(=O)C2COC3C(OC(=O)c4ccc(Cl)cc4)COC23)cc1. The molecule has 178 valence electrons. The third-order valence-electron chi connectivity index (χ3n) is 5.58. The quantitative estimate of drug-likeness (QED) is 0.230. The van der Waals surface area contributed by atoms with Crippen LogP contribution in [0.15, 0.2) is 61.2 Å². The molecule has 0 amide bonds. The Morgan fingerprint density at radius 1 is 0.941 bits per heavy atom. The maximum absolute atomic E-state index is 13.1. The van der Waals surface area contributed by atoms with Crippen molar-refractivity contribution in [3.63, 3.8) is 0 Å². The van der Waals surface area contributed by atoms with Crippen molar-refractivity contribution in [3.05, 3.63) is 77.3 Å². The van der Waals surface area contributed by atoms with Crippen molar-refractivity contribution in [2.24, 2.45) is 5.92 Å². The number of hydrogen-bond donors (Lipinski definition) is 0. The second-order valence-corrected chi connectivity index (χ2v) is 8.20. The van der Waals surface area contributed by atoms with Gasteiger partial charge in [-0.3, -0.25) is 4.79 Å². The van der Waals surface area contributed by atoms with Crippen LogP contribution in [0.1, 0.15) is 20.7 Å². The molecule has 0 bridgehead atoms. The highest BCUT2D eigenvalue weighted by Gasteiger charge is 2.51. The molecule has 4 unspecified atom stereocenters. The fraction of sp³-hybridized carbons (Fsp3) is 0.320. The number of fused-ring (bicyclic) bond motifs is 1.